The molecule has 0 unspecified atom stereocenters. The minimum atomic E-state index is 0.103. The number of rotatable bonds is 8. The van der Waals surface area contributed by atoms with Crippen molar-refractivity contribution in [2.75, 3.05) is 26.7 Å². The first-order chi connectivity index (χ1) is 9.12. The van der Waals surface area contributed by atoms with Crippen LogP contribution >= 0.6 is 11.6 Å². The van der Waals surface area contributed by atoms with E-state index < -0.39 is 0 Å². The highest BCUT2D eigenvalue weighted by Gasteiger charge is 2.13. The summed E-state index contributed by atoms with van der Waals surface area (Å²) in [5.41, 5.74) is 0.642. The lowest BCUT2D eigenvalue weighted by atomic mass is 10.1. The van der Waals surface area contributed by atoms with E-state index in [0.29, 0.717) is 22.9 Å². The van der Waals surface area contributed by atoms with Crippen LogP contribution in [0.4, 0.5) is 0 Å². The Morgan fingerprint density at radius 1 is 1.26 bits per heavy atom. The van der Waals surface area contributed by atoms with Crippen molar-refractivity contribution in [1.82, 2.24) is 4.90 Å². The number of methoxy groups -OCH3 is 1. The molecule has 0 saturated carbocycles. The molecule has 0 saturated heterocycles. The monoisotopic (exact) mass is 283 g/mol. The van der Waals surface area contributed by atoms with Gasteiger partial charge in [0.15, 0.2) is 5.78 Å². The minimum absolute atomic E-state index is 0.103. The molecule has 0 heterocycles. The van der Waals surface area contributed by atoms with E-state index in [4.69, 9.17) is 16.3 Å². The predicted octanol–water partition coefficient (Wildman–Crippen LogP) is 3.65. The molecular weight excluding hydrogens is 262 g/mol. The van der Waals surface area contributed by atoms with E-state index in [1.165, 1.54) is 0 Å². The topological polar surface area (TPSA) is 29.5 Å². The van der Waals surface area contributed by atoms with Gasteiger partial charge in [0.25, 0.3) is 0 Å². The average Bonchev–Trinajstić information content (AvgIpc) is 2.39. The highest BCUT2D eigenvalue weighted by atomic mass is 35.5. The maximum atomic E-state index is 12.2. The smallest absolute Gasteiger partial charge is 0.176 e. The summed E-state index contributed by atoms with van der Waals surface area (Å²) in [5, 5.41) is 0.478. The number of nitrogens with zero attached hydrogens (tertiary/aromatic N) is 1. The SMILES string of the molecule is CCCN(CCC)CC(=O)c1ccc(OC)c(Cl)c1. The summed E-state index contributed by atoms with van der Waals surface area (Å²) < 4.78 is 5.08. The summed E-state index contributed by atoms with van der Waals surface area (Å²) in [6.07, 6.45) is 2.10. The number of carbonyl (C=O) groups excluding carboxylic acids is 1. The quantitative estimate of drug-likeness (QED) is 0.682. The Bertz CT molecular complexity index is 415. The Labute approximate surface area is 120 Å². The van der Waals surface area contributed by atoms with Crippen molar-refractivity contribution >= 4 is 17.4 Å². The maximum Gasteiger partial charge on any atom is 0.176 e. The van der Waals surface area contributed by atoms with Crippen LogP contribution < -0.4 is 4.74 Å². The first-order valence-corrected chi connectivity index (χ1v) is 7.09. The van der Waals surface area contributed by atoms with Crippen molar-refractivity contribution in [3.05, 3.63) is 28.8 Å². The van der Waals surface area contributed by atoms with Gasteiger partial charge in [0.05, 0.1) is 18.7 Å². The summed E-state index contributed by atoms with van der Waals surface area (Å²) in [6, 6.07) is 5.18. The number of hydrogen-bond donors (Lipinski definition) is 0. The van der Waals surface area contributed by atoms with Gasteiger partial charge in [-0.25, -0.2) is 0 Å². The van der Waals surface area contributed by atoms with Crippen LogP contribution in [0.2, 0.25) is 5.02 Å². The van der Waals surface area contributed by atoms with Gasteiger partial charge in [-0.3, -0.25) is 9.69 Å². The standard InChI is InChI=1S/C15H22ClNO2/c1-4-8-17(9-5-2)11-14(18)12-6-7-15(19-3)13(16)10-12/h6-7,10H,4-5,8-9,11H2,1-3H3. The molecule has 0 amide bonds. The molecule has 106 valence electrons. The number of Topliss-reactive ketones (excluding diaryl/α,β-unsaturated/α-hetero) is 1. The van der Waals surface area contributed by atoms with Gasteiger partial charge in [0.1, 0.15) is 5.75 Å². The molecule has 3 nitrogen and oxygen atoms in total. The molecule has 1 aromatic rings. The lowest BCUT2D eigenvalue weighted by Crippen LogP contribution is -2.31. The minimum Gasteiger partial charge on any atom is -0.495 e. The molecule has 4 heteroatoms. The third kappa shape index (κ3) is 4.84. The number of benzene rings is 1. The second-order valence-electron chi connectivity index (χ2n) is 4.55. The lowest BCUT2D eigenvalue weighted by molar-refractivity contribution is 0.0930. The molecule has 0 atom stereocenters. The van der Waals surface area contributed by atoms with Crippen LogP contribution in [-0.2, 0) is 0 Å². The van der Waals surface area contributed by atoms with Gasteiger partial charge in [-0.1, -0.05) is 25.4 Å². The van der Waals surface area contributed by atoms with E-state index in [9.17, 15) is 4.79 Å². The number of carbonyl (C=O) groups is 1. The maximum absolute atomic E-state index is 12.2. The van der Waals surface area contributed by atoms with E-state index in [1.807, 2.05) is 0 Å². The predicted molar refractivity (Wildman–Crippen MR) is 79.4 cm³/mol. The van der Waals surface area contributed by atoms with Crippen LogP contribution in [0.25, 0.3) is 0 Å². The van der Waals surface area contributed by atoms with Crippen LogP contribution in [0.15, 0.2) is 18.2 Å². The summed E-state index contributed by atoms with van der Waals surface area (Å²) in [6.45, 7) is 6.59. The van der Waals surface area contributed by atoms with Gasteiger partial charge >= 0.3 is 0 Å². The molecule has 0 N–H and O–H groups in total. The number of hydrogen-bond acceptors (Lipinski definition) is 3. The Hall–Kier alpha value is -1.06. The third-order valence-electron chi connectivity index (χ3n) is 2.92. The Kier molecular flexibility index (Phi) is 6.89. The van der Waals surface area contributed by atoms with E-state index in [1.54, 1.807) is 25.3 Å². The lowest BCUT2D eigenvalue weighted by Gasteiger charge is -2.20. The average molecular weight is 284 g/mol. The molecule has 0 aliphatic carbocycles. The molecule has 0 radical (unpaired) electrons. The van der Waals surface area contributed by atoms with Crippen molar-refractivity contribution in [3.63, 3.8) is 0 Å². The Balaban J connectivity index is 2.73. The van der Waals surface area contributed by atoms with Crippen LogP contribution in [0.3, 0.4) is 0 Å². The highest BCUT2D eigenvalue weighted by molar-refractivity contribution is 6.32. The van der Waals surface area contributed by atoms with Crippen LogP contribution in [0, 0.1) is 0 Å². The molecule has 0 aliphatic rings. The molecule has 0 bridgehead atoms. The molecular formula is C15H22ClNO2. The Morgan fingerprint density at radius 2 is 1.89 bits per heavy atom. The fourth-order valence-corrected chi connectivity index (χ4v) is 2.29. The summed E-state index contributed by atoms with van der Waals surface area (Å²) in [5.74, 6) is 0.698. The molecule has 0 fully saturated rings. The van der Waals surface area contributed by atoms with Crippen LogP contribution in [0.1, 0.15) is 37.0 Å². The summed E-state index contributed by atoms with van der Waals surface area (Å²) >= 11 is 6.04. The van der Waals surface area contributed by atoms with Crippen molar-refractivity contribution < 1.29 is 9.53 Å². The molecule has 1 aromatic carbocycles. The molecule has 0 aliphatic heterocycles. The second kappa shape index (κ2) is 8.18. The van der Waals surface area contributed by atoms with Gasteiger partial charge in [-0.15, -0.1) is 0 Å². The normalized spacial score (nSPS) is 10.8. The molecule has 1 rings (SSSR count). The van der Waals surface area contributed by atoms with Crippen LogP contribution in [0.5, 0.6) is 5.75 Å². The van der Waals surface area contributed by atoms with Gasteiger partial charge < -0.3 is 4.74 Å². The molecule has 0 aromatic heterocycles. The molecule has 0 spiro atoms. The second-order valence-corrected chi connectivity index (χ2v) is 4.96. The van der Waals surface area contributed by atoms with Crippen molar-refractivity contribution in [3.8, 4) is 5.75 Å². The number of ketones is 1. The van der Waals surface area contributed by atoms with Crippen molar-refractivity contribution in [2.24, 2.45) is 0 Å². The fourth-order valence-electron chi connectivity index (χ4n) is 2.04. The zero-order valence-corrected chi connectivity index (χ0v) is 12.7. The largest absolute Gasteiger partial charge is 0.495 e. The van der Waals surface area contributed by atoms with Gasteiger partial charge in [-0.05, 0) is 44.1 Å². The third-order valence-corrected chi connectivity index (χ3v) is 3.22. The van der Waals surface area contributed by atoms with Gasteiger partial charge in [0, 0.05) is 5.56 Å². The fraction of sp³-hybridized carbons (Fsp3) is 0.533. The first-order valence-electron chi connectivity index (χ1n) is 6.71. The van der Waals surface area contributed by atoms with E-state index in [2.05, 4.69) is 18.7 Å². The first kappa shape index (κ1) is 16.0. The van der Waals surface area contributed by atoms with Crippen molar-refractivity contribution in [2.45, 2.75) is 26.7 Å². The van der Waals surface area contributed by atoms with Crippen molar-refractivity contribution in [1.29, 1.82) is 0 Å². The van der Waals surface area contributed by atoms with Gasteiger partial charge in [0.2, 0.25) is 0 Å². The summed E-state index contributed by atoms with van der Waals surface area (Å²) in [4.78, 5) is 14.4. The van der Waals surface area contributed by atoms with E-state index >= 15 is 0 Å². The van der Waals surface area contributed by atoms with E-state index in [-0.39, 0.29) is 5.78 Å². The zero-order chi connectivity index (χ0) is 14.3. The van der Waals surface area contributed by atoms with Gasteiger partial charge in [-0.2, -0.15) is 0 Å². The van der Waals surface area contributed by atoms with Crippen LogP contribution in [-0.4, -0.2) is 37.4 Å². The number of halogens is 1. The molecule has 19 heavy (non-hydrogen) atoms. The number of ether oxygens (including phenoxy) is 1. The Morgan fingerprint density at radius 3 is 2.37 bits per heavy atom. The summed E-state index contributed by atoms with van der Waals surface area (Å²) in [7, 11) is 1.56. The zero-order valence-electron chi connectivity index (χ0n) is 11.9. The van der Waals surface area contributed by atoms with E-state index in [0.717, 1.165) is 25.9 Å². The highest BCUT2D eigenvalue weighted by Crippen LogP contribution is 2.25.